The van der Waals surface area contributed by atoms with E-state index in [1.807, 2.05) is 6.07 Å². The number of carbonyl (C=O) groups excluding carboxylic acids is 2. The fourth-order valence-electron chi connectivity index (χ4n) is 4.76. The lowest BCUT2D eigenvalue weighted by atomic mass is 9.96. The van der Waals surface area contributed by atoms with Crippen molar-refractivity contribution in [3.05, 3.63) is 47.0 Å². The maximum Gasteiger partial charge on any atom is 0.320 e. The molecule has 2 aliphatic rings. The van der Waals surface area contributed by atoms with E-state index in [1.54, 1.807) is 41.0 Å². The van der Waals surface area contributed by atoms with Gasteiger partial charge in [0.25, 0.3) is 5.91 Å². The van der Waals surface area contributed by atoms with Gasteiger partial charge in [-0.15, -0.1) is 5.10 Å². The molecule has 0 saturated carbocycles. The zero-order valence-corrected chi connectivity index (χ0v) is 21.2. The van der Waals surface area contributed by atoms with Crippen LogP contribution in [-0.4, -0.2) is 96.6 Å². The van der Waals surface area contributed by atoms with Gasteiger partial charge in [0.2, 0.25) is 5.82 Å². The standard InChI is InChI=1S/C25H30N8O5/c1-15(14-34)33-23(28-29-30-33)20-4-3-5-22(26-20)27-24(36)19-10-17-12-31(8-6-16(17)11-21(19)38-2)25(37)32-9-7-18(35)13-32/h3-5,10-11,15,18,34-35H,6-9,12-14H2,1-2H3,(H,26,27,36)/t15-,18-/m1/s1. The van der Waals surface area contributed by atoms with E-state index in [9.17, 15) is 19.8 Å². The molecule has 1 fully saturated rings. The largest absolute Gasteiger partial charge is 0.496 e. The lowest BCUT2D eigenvalue weighted by molar-refractivity contribution is 0.102. The van der Waals surface area contributed by atoms with Gasteiger partial charge < -0.3 is 30.1 Å². The molecule has 2 aliphatic heterocycles. The Hall–Kier alpha value is -4.10. The number of pyridine rings is 1. The van der Waals surface area contributed by atoms with E-state index in [2.05, 4.69) is 25.8 Å². The number of nitrogens with one attached hydrogen (secondary N) is 1. The molecule has 38 heavy (non-hydrogen) atoms. The maximum absolute atomic E-state index is 13.3. The summed E-state index contributed by atoms with van der Waals surface area (Å²) in [5.41, 5.74) is 2.65. The van der Waals surface area contributed by atoms with Crippen LogP contribution in [0.3, 0.4) is 0 Å². The highest BCUT2D eigenvalue weighted by Gasteiger charge is 2.31. The molecule has 13 heteroatoms. The number of anilines is 1. The molecular formula is C25H30N8O5. The highest BCUT2D eigenvalue weighted by Crippen LogP contribution is 2.30. The van der Waals surface area contributed by atoms with E-state index in [1.165, 1.54) is 11.8 Å². The number of hydrogen-bond donors (Lipinski definition) is 3. The number of fused-ring (bicyclic) bond motifs is 1. The van der Waals surface area contributed by atoms with Crippen LogP contribution in [-0.2, 0) is 13.0 Å². The van der Waals surface area contributed by atoms with Crippen LogP contribution in [0.4, 0.5) is 10.6 Å². The molecule has 5 rings (SSSR count). The molecular weight excluding hydrogens is 492 g/mol. The van der Waals surface area contributed by atoms with E-state index in [-0.39, 0.29) is 18.7 Å². The predicted octanol–water partition coefficient (Wildman–Crippen LogP) is 1.09. The predicted molar refractivity (Wildman–Crippen MR) is 135 cm³/mol. The number of methoxy groups -OCH3 is 1. The van der Waals surface area contributed by atoms with Crippen molar-refractivity contribution in [2.24, 2.45) is 0 Å². The van der Waals surface area contributed by atoms with E-state index in [0.29, 0.717) is 67.7 Å². The Kier molecular flexibility index (Phi) is 7.20. The normalized spacial score (nSPS) is 17.7. The molecule has 2 aromatic heterocycles. The number of ether oxygens (including phenoxy) is 1. The Morgan fingerprint density at radius 2 is 2.05 bits per heavy atom. The number of carbonyl (C=O) groups is 2. The Morgan fingerprint density at radius 1 is 1.21 bits per heavy atom. The number of tetrazole rings is 1. The van der Waals surface area contributed by atoms with Crippen molar-refractivity contribution in [1.29, 1.82) is 0 Å². The first kappa shape index (κ1) is 25.5. The Bertz CT molecular complexity index is 1350. The summed E-state index contributed by atoms with van der Waals surface area (Å²) in [4.78, 5) is 34.2. The minimum Gasteiger partial charge on any atom is -0.496 e. The van der Waals surface area contributed by atoms with Crippen LogP contribution in [0.15, 0.2) is 30.3 Å². The summed E-state index contributed by atoms with van der Waals surface area (Å²) >= 11 is 0. The van der Waals surface area contributed by atoms with Gasteiger partial charge in [-0.3, -0.25) is 4.79 Å². The molecule has 0 unspecified atom stereocenters. The number of hydrogen-bond acceptors (Lipinski definition) is 9. The van der Waals surface area contributed by atoms with Gasteiger partial charge in [-0.25, -0.2) is 14.5 Å². The number of likely N-dealkylation sites (tertiary alicyclic amines) is 1. The molecule has 3 aromatic rings. The monoisotopic (exact) mass is 522 g/mol. The third kappa shape index (κ3) is 5.02. The fourth-order valence-corrected chi connectivity index (χ4v) is 4.76. The van der Waals surface area contributed by atoms with Crippen molar-refractivity contribution in [3.8, 4) is 17.3 Å². The summed E-state index contributed by atoms with van der Waals surface area (Å²) in [5.74, 6) is 0.677. The molecule has 4 heterocycles. The van der Waals surface area contributed by atoms with Crippen molar-refractivity contribution in [2.45, 2.75) is 38.5 Å². The molecule has 0 bridgehead atoms. The molecule has 200 valence electrons. The molecule has 13 nitrogen and oxygen atoms in total. The van der Waals surface area contributed by atoms with E-state index in [0.717, 1.165) is 11.1 Å². The van der Waals surface area contributed by atoms with Gasteiger partial charge in [-0.05, 0) is 65.6 Å². The fraction of sp³-hybridized carbons (Fsp3) is 0.440. The summed E-state index contributed by atoms with van der Waals surface area (Å²) in [5, 5.41) is 33.7. The van der Waals surface area contributed by atoms with Crippen LogP contribution in [0.2, 0.25) is 0 Å². The quantitative estimate of drug-likeness (QED) is 0.431. The summed E-state index contributed by atoms with van der Waals surface area (Å²) in [6.07, 6.45) is 0.746. The van der Waals surface area contributed by atoms with Crippen molar-refractivity contribution in [3.63, 3.8) is 0 Å². The molecule has 1 aromatic carbocycles. The molecule has 0 radical (unpaired) electrons. The molecule has 1 saturated heterocycles. The van der Waals surface area contributed by atoms with Crippen LogP contribution in [0, 0.1) is 0 Å². The van der Waals surface area contributed by atoms with E-state index in [4.69, 9.17) is 4.74 Å². The van der Waals surface area contributed by atoms with Gasteiger partial charge in [-0.1, -0.05) is 6.07 Å². The number of rotatable bonds is 6. The second kappa shape index (κ2) is 10.7. The van der Waals surface area contributed by atoms with Crippen LogP contribution >= 0.6 is 0 Å². The van der Waals surface area contributed by atoms with Crippen LogP contribution in [0.25, 0.3) is 11.5 Å². The van der Waals surface area contributed by atoms with Gasteiger partial charge in [0, 0.05) is 26.2 Å². The van der Waals surface area contributed by atoms with Gasteiger partial charge in [0.05, 0.1) is 31.4 Å². The second-order valence-corrected chi connectivity index (χ2v) is 9.50. The highest BCUT2D eigenvalue weighted by molar-refractivity contribution is 6.06. The van der Waals surface area contributed by atoms with Crippen LogP contribution < -0.4 is 10.1 Å². The minimum atomic E-state index is -0.478. The minimum absolute atomic E-state index is 0.104. The molecule has 2 atom stereocenters. The summed E-state index contributed by atoms with van der Waals surface area (Å²) in [7, 11) is 1.51. The first-order chi connectivity index (χ1) is 18.4. The number of aromatic nitrogens is 5. The maximum atomic E-state index is 13.3. The zero-order valence-electron chi connectivity index (χ0n) is 21.2. The lowest BCUT2D eigenvalue weighted by Gasteiger charge is -2.32. The SMILES string of the molecule is COc1cc2c(cc1C(=O)Nc1cccc(-c3nnnn3[C@H](C)CO)n1)CN(C(=O)N1CC[C@@H](O)C1)CC2. The first-order valence-electron chi connectivity index (χ1n) is 12.5. The number of amides is 3. The average molecular weight is 523 g/mol. The van der Waals surface area contributed by atoms with Gasteiger partial charge in [-0.2, -0.15) is 0 Å². The lowest BCUT2D eigenvalue weighted by Crippen LogP contribution is -2.44. The van der Waals surface area contributed by atoms with Crippen LogP contribution in [0.1, 0.15) is 40.9 Å². The number of urea groups is 1. The Morgan fingerprint density at radius 3 is 2.79 bits per heavy atom. The van der Waals surface area contributed by atoms with E-state index < -0.39 is 12.0 Å². The molecule has 0 aliphatic carbocycles. The summed E-state index contributed by atoms with van der Waals surface area (Å²) in [6.45, 7) is 3.43. The number of benzene rings is 1. The van der Waals surface area contributed by atoms with Crippen molar-refractivity contribution in [1.82, 2.24) is 35.0 Å². The van der Waals surface area contributed by atoms with Gasteiger partial charge in [0.15, 0.2) is 0 Å². The second-order valence-electron chi connectivity index (χ2n) is 9.50. The Balaban J connectivity index is 1.36. The number of nitrogens with zero attached hydrogens (tertiary/aromatic N) is 7. The third-order valence-electron chi connectivity index (χ3n) is 6.88. The van der Waals surface area contributed by atoms with Crippen molar-refractivity contribution < 1.29 is 24.5 Å². The van der Waals surface area contributed by atoms with Crippen molar-refractivity contribution >= 4 is 17.8 Å². The number of aliphatic hydroxyl groups excluding tert-OH is 2. The molecule has 3 amide bonds. The zero-order chi connectivity index (χ0) is 26.8. The van der Waals surface area contributed by atoms with E-state index >= 15 is 0 Å². The average Bonchev–Trinajstić information content (AvgIpc) is 3.60. The Labute approximate surface area is 219 Å². The smallest absolute Gasteiger partial charge is 0.320 e. The summed E-state index contributed by atoms with van der Waals surface area (Å²) in [6, 6.07) is 8.25. The summed E-state index contributed by atoms with van der Waals surface area (Å²) < 4.78 is 6.99. The first-order valence-corrected chi connectivity index (χ1v) is 12.5. The number of β-amino-alcohol motifs (C(OH)–C–C–N with tert-alkyl or cyclic N) is 1. The molecule has 0 spiro atoms. The molecule has 3 N–H and O–H groups in total. The third-order valence-corrected chi connectivity index (χ3v) is 6.88. The van der Waals surface area contributed by atoms with Gasteiger partial charge >= 0.3 is 6.03 Å². The number of aliphatic hydroxyl groups is 2. The van der Waals surface area contributed by atoms with Gasteiger partial charge in [0.1, 0.15) is 17.3 Å². The topological polar surface area (TPSA) is 159 Å². The van der Waals surface area contributed by atoms with Crippen molar-refractivity contribution in [2.75, 3.05) is 38.7 Å². The van der Waals surface area contributed by atoms with Crippen LogP contribution in [0.5, 0.6) is 5.75 Å². The highest BCUT2D eigenvalue weighted by atomic mass is 16.5.